The number of ether oxygens (including phenoxy) is 3. The number of aliphatic hydroxyl groups excluding tert-OH is 2. The van der Waals surface area contributed by atoms with Crippen LogP contribution in [-0.4, -0.2) is 81.6 Å². The van der Waals surface area contributed by atoms with Crippen LogP contribution < -0.4 is 10.5 Å². The summed E-state index contributed by atoms with van der Waals surface area (Å²) in [6.45, 7) is 2.28. The predicted molar refractivity (Wildman–Crippen MR) is 135 cm³/mol. The number of carbonyl (C=O) groups excluding carboxylic acids is 3. The molecule has 1 aliphatic heterocycles. The first-order chi connectivity index (χ1) is 18.4. The van der Waals surface area contributed by atoms with Crippen LogP contribution in [0.2, 0.25) is 0 Å². The fourth-order valence-electron chi connectivity index (χ4n) is 6.05. The molecule has 0 saturated carbocycles. The van der Waals surface area contributed by atoms with Gasteiger partial charge >= 0.3 is 0 Å². The highest BCUT2D eigenvalue weighted by molar-refractivity contribution is 6.31. The molecule has 1 heterocycles. The maximum atomic E-state index is 13.8. The largest absolute Gasteiger partial charge is 0.507 e. The summed E-state index contributed by atoms with van der Waals surface area (Å²) in [5.41, 5.74) is 4.53. The summed E-state index contributed by atoms with van der Waals surface area (Å²) >= 11 is 0. The number of nitrogens with two attached hydrogens (primary N) is 1. The minimum atomic E-state index is -2.13. The van der Waals surface area contributed by atoms with Crippen LogP contribution in [0.25, 0.3) is 0 Å². The number of hydrogen-bond acceptors (Lipinski definition) is 11. The van der Waals surface area contributed by atoms with Crippen molar-refractivity contribution in [2.75, 3.05) is 13.7 Å². The van der Waals surface area contributed by atoms with Gasteiger partial charge in [0.15, 0.2) is 23.6 Å². The topological polar surface area (TPSA) is 186 Å². The molecule has 2 aromatic rings. The number of fused-ring (bicyclic) bond motifs is 3. The van der Waals surface area contributed by atoms with E-state index in [0.29, 0.717) is 11.1 Å². The van der Waals surface area contributed by atoms with Crippen molar-refractivity contribution in [3.63, 3.8) is 0 Å². The summed E-state index contributed by atoms with van der Waals surface area (Å²) in [5, 5.41) is 42.5. The number of ketones is 3. The lowest BCUT2D eigenvalue weighted by Gasteiger charge is -2.42. The highest BCUT2D eigenvalue weighted by atomic mass is 16.7. The highest BCUT2D eigenvalue weighted by Gasteiger charge is 2.49. The third kappa shape index (κ3) is 4.17. The lowest BCUT2D eigenvalue weighted by atomic mass is 9.70. The molecule has 1 saturated heterocycles. The van der Waals surface area contributed by atoms with Crippen molar-refractivity contribution in [3.8, 4) is 11.5 Å². The molecule has 2 aromatic carbocycles. The van der Waals surface area contributed by atoms with Gasteiger partial charge in [0.05, 0.1) is 36.5 Å². The van der Waals surface area contributed by atoms with Gasteiger partial charge in [0, 0.05) is 42.0 Å². The molecule has 4 unspecified atom stereocenters. The SMILES string of the molecule is COc1cccc2c1C(=O)c1c(C)c3c(c(O)c1C2=O)C[C@@](O)(C(=O)CO)C[C@@H]3OC1CC(N)C(O)C(C)O1. The maximum Gasteiger partial charge on any atom is 0.198 e. The molecule has 0 radical (unpaired) electrons. The number of hydrogen-bond donors (Lipinski definition) is 5. The molecule has 3 aliphatic rings. The number of carbonyl (C=O) groups is 3. The Labute approximate surface area is 224 Å². The normalized spacial score (nSPS) is 29.9. The molecule has 0 aromatic heterocycles. The van der Waals surface area contributed by atoms with E-state index < -0.39 is 72.4 Å². The lowest BCUT2D eigenvalue weighted by Crippen LogP contribution is -2.53. The highest BCUT2D eigenvalue weighted by Crippen LogP contribution is 2.49. The van der Waals surface area contributed by atoms with E-state index >= 15 is 0 Å². The third-order valence-electron chi connectivity index (χ3n) is 8.09. The minimum absolute atomic E-state index is 0.0224. The number of Topliss-reactive ketones (excluding diaryl/α,β-unsaturated/α-hetero) is 1. The average molecular weight is 542 g/mol. The Hall–Kier alpha value is -3.19. The summed E-state index contributed by atoms with van der Waals surface area (Å²) in [4.78, 5) is 40.1. The van der Waals surface area contributed by atoms with Crippen LogP contribution in [0.1, 0.15) is 74.4 Å². The van der Waals surface area contributed by atoms with E-state index in [-0.39, 0.29) is 46.4 Å². The van der Waals surface area contributed by atoms with Crippen LogP contribution in [0.5, 0.6) is 11.5 Å². The molecular weight excluding hydrogens is 510 g/mol. The van der Waals surface area contributed by atoms with Crippen molar-refractivity contribution in [2.24, 2.45) is 5.73 Å². The first-order valence-electron chi connectivity index (χ1n) is 12.7. The van der Waals surface area contributed by atoms with Gasteiger partial charge in [0.2, 0.25) is 0 Å². The molecule has 39 heavy (non-hydrogen) atoms. The van der Waals surface area contributed by atoms with Gasteiger partial charge in [0.1, 0.15) is 23.7 Å². The second-order valence-electron chi connectivity index (χ2n) is 10.4. The standard InChI is InChI=1S/C28H31NO10/c1-11-20-14(26(34)23-21(11)27(35)22-13(25(23)33)5-4-6-16(22)37-3)8-28(36,18(31)10-30)9-17(20)39-19-7-15(29)24(32)12(2)38-19/h4-6,12,15,17,19,24,30,32,34,36H,7-10,29H2,1-3H3/t12?,15?,17-,19?,24?,28-/m0/s1. The van der Waals surface area contributed by atoms with E-state index in [1.165, 1.54) is 13.2 Å². The van der Waals surface area contributed by atoms with Crippen molar-refractivity contribution in [1.82, 2.24) is 0 Å². The summed E-state index contributed by atoms with van der Waals surface area (Å²) in [5.74, 6) is -2.35. The molecular formula is C28H31NO10. The summed E-state index contributed by atoms with van der Waals surface area (Å²) in [6, 6.07) is 3.92. The minimum Gasteiger partial charge on any atom is -0.507 e. The van der Waals surface area contributed by atoms with Crippen molar-refractivity contribution >= 4 is 17.3 Å². The van der Waals surface area contributed by atoms with E-state index in [4.69, 9.17) is 19.9 Å². The predicted octanol–water partition coefficient (Wildman–Crippen LogP) is 0.604. The average Bonchev–Trinajstić information content (AvgIpc) is 2.90. The number of methoxy groups -OCH3 is 1. The van der Waals surface area contributed by atoms with Crippen LogP contribution in [0, 0.1) is 6.92 Å². The molecule has 11 nitrogen and oxygen atoms in total. The number of aliphatic hydroxyl groups is 3. The maximum absolute atomic E-state index is 13.8. The zero-order chi connectivity index (χ0) is 28.4. The van der Waals surface area contributed by atoms with Gasteiger partial charge in [-0.3, -0.25) is 14.4 Å². The quantitative estimate of drug-likeness (QED) is 0.305. The molecule has 2 aliphatic carbocycles. The molecule has 0 spiro atoms. The van der Waals surface area contributed by atoms with Crippen molar-refractivity contribution < 1.29 is 49.0 Å². The summed E-state index contributed by atoms with van der Waals surface area (Å²) in [6.07, 6.45) is -4.25. The van der Waals surface area contributed by atoms with E-state index in [1.807, 2.05) is 0 Å². The molecule has 11 heteroatoms. The zero-order valence-corrected chi connectivity index (χ0v) is 21.8. The van der Waals surface area contributed by atoms with Gasteiger partial charge in [0.25, 0.3) is 0 Å². The first-order valence-corrected chi connectivity index (χ1v) is 12.7. The van der Waals surface area contributed by atoms with Crippen LogP contribution >= 0.6 is 0 Å². The monoisotopic (exact) mass is 541 g/mol. The summed E-state index contributed by atoms with van der Waals surface area (Å²) < 4.78 is 17.3. The first kappa shape index (κ1) is 27.4. The second-order valence-corrected chi connectivity index (χ2v) is 10.4. The number of benzene rings is 2. The molecule has 5 rings (SSSR count). The van der Waals surface area contributed by atoms with Gasteiger partial charge in [-0.2, -0.15) is 0 Å². The Kier molecular flexibility index (Phi) is 6.86. The molecule has 208 valence electrons. The third-order valence-corrected chi connectivity index (χ3v) is 8.09. The van der Waals surface area contributed by atoms with Crippen LogP contribution in [-0.2, 0) is 20.7 Å². The number of phenols is 1. The number of aromatic hydroxyl groups is 1. The van der Waals surface area contributed by atoms with Gasteiger partial charge in [-0.25, -0.2) is 0 Å². The van der Waals surface area contributed by atoms with Gasteiger partial charge in [-0.15, -0.1) is 0 Å². The fourth-order valence-corrected chi connectivity index (χ4v) is 6.05. The van der Waals surface area contributed by atoms with Crippen molar-refractivity contribution in [1.29, 1.82) is 0 Å². The lowest BCUT2D eigenvalue weighted by molar-refractivity contribution is -0.247. The molecule has 1 fully saturated rings. The van der Waals surface area contributed by atoms with Gasteiger partial charge < -0.3 is 40.4 Å². The van der Waals surface area contributed by atoms with Crippen molar-refractivity contribution in [2.45, 2.75) is 69.4 Å². The Morgan fingerprint density at radius 1 is 1.21 bits per heavy atom. The Morgan fingerprint density at radius 2 is 1.92 bits per heavy atom. The molecule has 0 bridgehead atoms. The van der Waals surface area contributed by atoms with Crippen LogP contribution in [0.15, 0.2) is 18.2 Å². The Bertz CT molecular complexity index is 1380. The van der Waals surface area contributed by atoms with E-state index in [2.05, 4.69) is 0 Å². The zero-order valence-electron chi connectivity index (χ0n) is 21.8. The molecule has 0 amide bonds. The Balaban J connectivity index is 1.69. The van der Waals surface area contributed by atoms with Gasteiger partial charge in [-0.05, 0) is 31.0 Å². The van der Waals surface area contributed by atoms with E-state index in [1.54, 1.807) is 26.0 Å². The van der Waals surface area contributed by atoms with Crippen LogP contribution in [0.4, 0.5) is 0 Å². The number of rotatable bonds is 5. The summed E-state index contributed by atoms with van der Waals surface area (Å²) in [7, 11) is 1.38. The fraction of sp³-hybridized carbons (Fsp3) is 0.464. The number of phenolic OH excluding ortho intramolecular Hbond substituents is 1. The van der Waals surface area contributed by atoms with Crippen molar-refractivity contribution in [3.05, 3.63) is 57.1 Å². The van der Waals surface area contributed by atoms with Gasteiger partial charge in [-0.1, -0.05) is 12.1 Å². The molecule has 6 atom stereocenters. The van der Waals surface area contributed by atoms with Crippen LogP contribution in [0.3, 0.4) is 0 Å². The second kappa shape index (κ2) is 9.77. The van der Waals surface area contributed by atoms with E-state index in [9.17, 15) is 34.8 Å². The molecule has 6 N–H and O–H groups in total. The van der Waals surface area contributed by atoms with E-state index in [0.717, 1.165) is 0 Å². The smallest absolute Gasteiger partial charge is 0.198 e. The Morgan fingerprint density at radius 3 is 2.56 bits per heavy atom.